The first-order chi connectivity index (χ1) is 24.0. The highest BCUT2D eigenvalue weighted by atomic mass is 19.4. The summed E-state index contributed by atoms with van der Waals surface area (Å²) in [6.07, 6.45) is -3.39. The molecule has 0 saturated carbocycles. The minimum Gasteiger partial charge on any atom is -0.497 e. The van der Waals surface area contributed by atoms with Crippen LogP contribution in [-0.2, 0) is 13.1 Å². The zero-order chi connectivity index (χ0) is 36.0. The Morgan fingerprint density at radius 2 is 1.62 bits per heavy atom. The molecule has 0 atom stereocenters. The Kier molecular flexibility index (Phi) is 11.4. The van der Waals surface area contributed by atoms with Crippen LogP contribution in [0.15, 0.2) is 60.8 Å². The summed E-state index contributed by atoms with van der Waals surface area (Å²) in [7, 11) is 3.06. The van der Waals surface area contributed by atoms with E-state index < -0.39 is 24.2 Å². The Balaban J connectivity index is 0.00000239. The number of methoxy groups -OCH3 is 2. The van der Waals surface area contributed by atoms with Crippen LogP contribution in [0.4, 0.5) is 39.1 Å². The SMILES string of the molecule is CC.COc1ccc(CN2Cc3nc(-c4c(F)cccc4F)cc(Nc4ccc(N5CCN(CCC(F)(F)F)CC5)cn4)c3C2=O)c(OC)c1. The summed E-state index contributed by atoms with van der Waals surface area (Å²) >= 11 is 0. The van der Waals surface area contributed by atoms with Crippen molar-refractivity contribution in [2.24, 2.45) is 0 Å². The van der Waals surface area contributed by atoms with Gasteiger partial charge >= 0.3 is 6.18 Å². The van der Waals surface area contributed by atoms with Gasteiger partial charge in [0.15, 0.2) is 0 Å². The molecule has 1 fully saturated rings. The van der Waals surface area contributed by atoms with Crippen molar-refractivity contribution in [3.8, 4) is 22.8 Å². The molecule has 2 aromatic heterocycles. The van der Waals surface area contributed by atoms with Gasteiger partial charge in [0.2, 0.25) is 0 Å². The van der Waals surface area contributed by atoms with Gasteiger partial charge in [0.05, 0.1) is 73.8 Å². The minimum atomic E-state index is -4.18. The topological polar surface area (TPSA) is 83.1 Å². The number of carbonyl (C=O) groups excluding carboxylic acids is 1. The van der Waals surface area contributed by atoms with Crippen LogP contribution < -0.4 is 19.7 Å². The van der Waals surface area contributed by atoms with E-state index in [2.05, 4.69) is 15.3 Å². The molecule has 4 heterocycles. The molecule has 6 rings (SSSR count). The summed E-state index contributed by atoms with van der Waals surface area (Å²) in [5.74, 6) is -0.418. The third-order valence-corrected chi connectivity index (χ3v) is 8.47. The van der Waals surface area contributed by atoms with E-state index in [0.29, 0.717) is 49.2 Å². The van der Waals surface area contributed by atoms with Gasteiger partial charge in [0.25, 0.3) is 5.91 Å². The first-order valence-electron chi connectivity index (χ1n) is 16.3. The number of benzene rings is 2. The van der Waals surface area contributed by atoms with Crippen LogP contribution in [0.25, 0.3) is 11.3 Å². The monoisotopic (exact) mass is 698 g/mol. The van der Waals surface area contributed by atoms with Crippen LogP contribution >= 0.6 is 0 Å². The van der Waals surface area contributed by atoms with Gasteiger partial charge in [-0.2, -0.15) is 13.2 Å². The molecule has 266 valence electrons. The zero-order valence-electron chi connectivity index (χ0n) is 28.3. The van der Waals surface area contributed by atoms with Gasteiger partial charge in [-0.15, -0.1) is 0 Å². The fourth-order valence-electron chi connectivity index (χ4n) is 5.95. The van der Waals surface area contributed by atoms with E-state index >= 15 is 0 Å². The summed E-state index contributed by atoms with van der Waals surface area (Å²) in [5.41, 5.74) is 2.10. The lowest BCUT2D eigenvalue weighted by Crippen LogP contribution is -2.47. The Hall–Kier alpha value is -4.98. The number of halogens is 5. The summed E-state index contributed by atoms with van der Waals surface area (Å²) in [6, 6.07) is 13.8. The van der Waals surface area contributed by atoms with Crippen LogP contribution in [0.1, 0.15) is 41.9 Å². The quantitative estimate of drug-likeness (QED) is 0.171. The van der Waals surface area contributed by atoms with Gasteiger partial charge in [-0.05, 0) is 42.5 Å². The Labute approximate surface area is 287 Å². The maximum absolute atomic E-state index is 14.9. The second-order valence-corrected chi connectivity index (χ2v) is 11.5. The van der Waals surface area contributed by atoms with E-state index in [9.17, 15) is 26.7 Å². The maximum Gasteiger partial charge on any atom is 0.390 e. The smallest absolute Gasteiger partial charge is 0.390 e. The predicted octanol–water partition coefficient (Wildman–Crippen LogP) is 7.44. The van der Waals surface area contributed by atoms with E-state index in [1.165, 1.54) is 19.2 Å². The number of nitrogens with zero attached hydrogens (tertiary/aromatic N) is 5. The van der Waals surface area contributed by atoms with Gasteiger partial charge in [0, 0.05) is 44.4 Å². The Morgan fingerprint density at radius 1 is 0.900 bits per heavy atom. The number of hydrogen-bond acceptors (Lipinski definition) is 8. The van der Waals surface area contributed by atoms with Crippen molar-refractivity contribution in [3.05, 3.63) is 89.2 Å². The predicted molar refractivity (Wildman–Crippen MR) is 181 cm³/mol. The van der Waals surface area contributed by atoms with Crippen molar-refractivity contribution in [1.82, 2.24) is 19.8 Å². The molecule has 0 radical (unpaired) electrons. The van der Waals surface area contributed by atoms with E-state index in [1.807, 2.05) is 24.8 Å². The highest BCUT2D eigenvalue weighted by molar-refractivity contribution is 6.04. The average molecular weight is 699 g/mol. The molecule has 1 amide bonds. The molecule has 4 aromatic rings. The van der Waals surface area contributed by atoms with Crippen molar-refractivity contribution in [3.63, 3.8) is 0 Å². The van der Waals surface area contributed by atoms with Crippen molar-refractivity contribution in [2.75, 3.05) is 57.2 Å². The van der Waals surface area contributed by atoms with Crippen molar-refractivity contribution >= 4 is 23.1 Å². The van der Waals surface area contributed by atoms with E-state index in [-0.39, 0.29) is 48.0 Å². The number of nitrogens with one attached hydrogen (secondary N) is 1. The number of carbonyl (C=O) groups is 1. The number of anilines is 3. The number of alkyl halides is 3. The molecule has 1 N–H and O–H groups in total. The third kappa shape index (κ3) is 8.24. The van der Waals surface area contributed by atoms with Gasteiger partial charge < -0.3 is 24.6 Å². The lowest BCUT2D eigenvalue weighted by molar-refractivity contribution is -0.138. The fourth-order valence-corrected chi connectivity index (χ4v) is 5.95. The number of piperazine rings is 1. The molecule has 2 aliphatic heterocycles. The van der Waals surface area contributed by atoms with E-state index in [1.54, 1.807) is 47.4 Å². The molecule has 50 heavy (non-hydrogen) atoms. The number of ether oxygens (including phenoxy) is 2. The van der Waals surface area contributed by atoms with Crippen LogP contribution in [0, 0.1) is 11.6 Å². The van der Waals surface area contributed by atoms with Crippen molar-refractivity contribution in [1.29, 1.82) is 0 Å². The molecule has 14 heteroatoms. The summed E-state index contributed by atoms with van der Waals surface area (Å²) < 4.78 is 78.5. The number of aromatic nitrogens is 2. The third-order valence-electron chi connectivity index (χ3n) is 8.47. The number of fused-ring (bicyclic) bond motifs is 1. The van der Waals surface area contributed by atoms with Crippen LogP contribution in [0.3, 0.4) is 0 Å². The molecular formula is C36H39F5N6O3. The fraction of sp³-hybridized carbons (Fsp3) is 0.361. The standard InChI is InChI=1S/C34H33F5N6O3.C2H6/c1-47-23-8-6-21(29(16-23)48-2)19-45-20-28-32(33(45)46)27(17-26(41-28)31-24(35)4-3-5-25(31)36)42-30-9-7-22(18-40-30)44-14-12-43(13-15-44)11-10-34(37,38)39;1-2/h3-9,16-18H,10-15,19-20H2,1-2H3,(H,40,41,42);1-2H3. The number of pyridine rings is 2. The molecule has 0 aliphatic carbocycles. The molecule has 1 saturated heterocycles. The first-order valence-corrected chi connectivity index (χ1v) is 16.3. The molecule has 2 aromatic carbocycles. The van der Waals surface area contributed by atoms with Gasteiger partial charge in [-0.3, -0.25) is 9.69 Å². The van der Waals surface area contributed by atoms with E-state index in [0.717, 1.165) is 23.4 Å². The Bertz CT molecular complexity index is 1780. The van der Waals surface area contributed by atoms with Crippen LogP contribution in [-0.4, -0.2) is 78.8 Å². The average Bonchev–Trinajstić information content (AvgIpc) is 3.43. The van der Waals surface area contributed by atoms with Gasteiger partial charge in [0.1, 0.15) is 29.0 Å². The van der Waals surface area contributed by atoms with E-state index in [4.69, 9.17) is 9.47 Å². The molecule has 2 aliphatic rings. The number of hydrogen-bond donors (Lipinski definition) is 1. The zero-order valence-corrected chi connectivity index (χ0v) is 28.3. The highest BCUT2D eigenvalue weighted by Crippen LogP contribution is 2.37. The molecule has 0 spiro atoms. The summed E-state index contributed by atoms with van der Waals surface area (Å²) in [6.45, 7) is 6.32. The molecule has 0 bridgehead atoms. The second-order valence-electron chi connectivity index (χ2n) is 11.5. The lowest BCUT2D eigenvalue weighted by atomic mass is 10.1. The summed E-state index contributed by atoms with van der Waals surface area (Å²) in [5, 5.41) is 3.16. The number of amides is 1. The first kappa shape index (κ1) is 36.3. The van der Waals surface area contributed by atoms with Gasteiger partial charge in [-0.1, -0.05) is 19.9 Å². The summed E-state index contributed by atoms with van der Waals surface area (Å²) in [4.78, 5) is 28.3. The van der Waals surface area contributed by atoms with Crippen molar-refractivity contribution in [2.45, 2.75) is 39.5 Å². The highest BCUT2D eigenvalue weighted by Gasteiger charge is 2.34. The normalized spacial score (nSPS) is 14.6. The molecular weight excluding hydrogens is 659 g/mol. The molecule has 0 unspecified atom stereocenters. The minimum absolute atomic E-state index is 0.0172. The lowest BCUT2D eigenvalue weighted by Gasteiger charge is -2.36. The largest absolute Gasteiger partial charge is 0.497 e. The Morgan fingerprint density at radius 3 is 2.24 bits per heavy atom. The van der Waals surface area contributed by atoms with Crippen molar-refractivity contribution < 1.29 is 36.2 Å². The second kappa shape index (κ2) is 15.7. The maximum atomic E-state index is 14.9. The van der Waals surface area contributed by atoms with Crippen LogP contribution in [0.5, 0.6) is 11.5 Å². The van der Waals surface area contributed by atoms with Gasteiger partial charge in [-0.25, -0.2) is 18.7 Å². The molecule has 9 nitrogen and oxygen atoms in total. The van der Waals surface area contributed by atoms with Crippen LogP contribution in [0.2, 0.25) is 0 Å². The number of rotatable bonds is 10.